The second kappa shape index (κ2) is 7.42. The van der Waals surface area contributed by atoms with E-state index < -0.39 is 0 Å². The standard InChI is InChI=1S/C19H18ClN3OS/c1-12-4-6-14(7-5-12)17(24)13(2)25-19-22-21-18(23(19)3)15-8-10-16(20)11-9-15/h4-11,13H,1-3H3/t13-/m0/s1. The van der Waals surface area contributed by atoms with Gasteiger partial charge in [-0.15, -0.1) is 10.2 Å². The highest BCUT2D eigenvalue weighted by Gasteiger charge is 2.20. The van der Waals surface area contributed by atoms with E-state index in [0.29, 0.717) is 15.7 Å². The van der Waals surface area contributed by atoms with Crippen molar-refractivity contribution in [2.45, 2.75) is 24.3 Å². The number of halogens is 1. The van der Waals surface area contributed by atoms with Crippen molar-refractivity contribution in [3.63, 3.8) is 0 Å². The van der Waals surface area contributed by atoms with Crippen LogP contribution in [0.5, 0.6) is 0 Å². The fourth-order valence-corrected chi connectivity index (χ4v) is 3.45. The first-order valence-corrected chi connectivity index (χ1v) is 9.14. The molecular weight excluding hydrogens is 354 g/mol. The predicted molar refractivity (Wildman–Crippen MR) is 102 cm³/mol. The summed E-state index contributed by atoms with van der Waals surface area (Å²) < 4.78 is 1.90. The van der Waals surface area contributed by atoms with Crippen molar-refractivity contribution in [3.05, 3.63) is 64.7 Å². The molecule has 0 aliphatic heterocycles. The third kappa shape index (κ3) is 3.94. The molecule has 0 bridgehead atoms. The van der Waals surface area contributed by atoms with Crippen LogP contribution in [0.15, 0.2) is 53.7 Å². The lowest BCUT2D eigenvalue weighted by Gasteiger charge is -2.10. The van der Waals surface area contributed by atoms with E-state index in [-0.39, 0.29) is 11.0 Å². The molecule has 1 aromatic heterocycles. The molecule has 2 aromatic carbocycles. The molecule has 6 heteroatoms. The second-order valence-corrected chi connectivity index (χ2v) is 7.61. The van der Waals surface area contributed by atoms with E-state index in [1.54, 1.807) is 0 Å². The Kier molecular flexibility index (Phi) is 5.25. The van der Waals surface area contributed by atoms with Crippen LogP contribution in [0.3, 0.4) is 0 Å². The summed E-state index contributed by atoms with van der Waals surface area (Å²) in [7, 11) is 1.90. The topological polar surface area (TPSA) is 47.8 Å². The number of nitrogens with zero attached hydrogens (tertiary/aromatic N) is 3. The van der Waals surface area contributed by atoms with Gasteiger partial charge in [0.05, 0.1) is 5.25 Å². The van der Waals surface area contributed by atoms with Crippen LogP contribution in [0.1, 0.15) is 22.8 Å². The van der Waals surface area contributed by atoms with Crippen molar-refractivity contribution < 1.29 is 4.79 Å². The number of hydrogen-bond acceptors (Lipinski definition) is 4. The summed E-state index contributed by atoms with van der Waals surface area (Å²) in [5, 5.41) is 9.62. The third-order valence-electron chi connectivity index (χ3n) is 3.92. The highest BCUT2D eigenvalue weighted by molar-refractivity contribution is 8.00. The molecule has 0 saturated carbocycles. The maximum absolute atomic E-state index is 12.6. The van der Waals surface area contributed by atoms with Crippen molar-refractivity contribution in [1.82, 2.24) is 14.8 Å². The minimum absolute atomic E-state index is 0.0843. The van der Waals surface area contributed by atoms with Crippen LogP contribution in [0.4, 0.5) is 0 Å². The molecule has 0 N–H and O–H groups in total. The van der Waals surface area contributed by atoms with Gasteiger partial charge < -0.3 is 4.57 Å². The molecule has 1 atom stereocenters. The lowest BCUT2D eigenvalue weighted by atomic mass is 10.1. The zero-order chi connectivity index (χ0) is 18.0. The molecule has 0 radical (unpaired) electrons. The molecule has 1 heterocycles. The van der Waals surface area contributed by atoms with Gasteiger partial charge in [-0.3, -0.25) is 4.79 Å². The van der Waals surface area contributed by atoms with E-state index in [2.05, 4.69) is 10.2 Å². The Morgan fingerprint density at radius 3 is 2.36 bits per heavy atom. The number of thioether (sulfide) groups is 1. The summed E-state index contributed by atoms with van der Waals surface area (Å²) in [4.78, 5) is 12.6. The average Bonchev–Trinajstić information content (AvgIpc) is 2.96. The molecule has 0 fully saturated rings. The summed E-state index contributed by atoms with van der Waals surface area (Å²) in [5.41, 5.74) is 2.78. The highest BCUT2D eigenvalue weighted by Crippen LogP contribution is 2.27. The van der Waals surface area contributed by atoms with Crippen LogP contribution in [-0.2, 0) is 7.05 Å². The average molecular weight is 372 g/mol. The van der Waals surface area contributed by atoms with E-state index in [1.165, 1.54) is 11.8 Å². The highest BCUT2D eigenvalue weighted by atomic mass is 35.5. The van der Waals surface area contributed by atoms with Gasteiger partial charge in [-0.25, -0.2) is 0 Å². The van der Waals surface area contributed by atoms with E-state index in [1.807, 2.05) is 74.0 Å². The Hall–Kier alpha value is -2.11. The number of hydrogen-bond donors (Lipinski definition) is 0. The molecule has 25 heavy (non-hydrogen) atoms. The molecule has 4 nitrogen and oxygen atoms in total. The van der Waals surface area contributed by atoms with Crippen molar-refractivity contribution in [2.24, 2.45) is 7.05 Å². The van der Waals surface area contributed by atoms with E-state index >= 15 is 0 Å². The summed E-state index contributed by atoms with van der Waals surface area (Å²) in [6.45, 7) is 3.90. The van der Waals surface area contributed by atoms with Gasteiger partial charge in [0.1, 0.15) is 0 Å². The zero-order valence-electron chi connectivity index (χ0n) is 14.2. The SMILES string of the molecule is Cc1ccc(C(=O)[C@H](C)Sc2nnc(-c3ccc(Cl)cc3)n2C)cc1. The number of rotatable bonds is 5. The fraction of sp³-hybridized carbons (Fsp3) is 0.211. The van der Waals surface area contributed by atoms with Gasteiger partial charge in [-0.05, 0) is 38.1 Å². The second-order valence-electron chi connectivity index (χ2n) is 5.86. The van der Waals surface area contributed by atoms with Crippen LogP contribution >= 0.6 is 23.4 Å². The van der Waals surface area contributed by atoms with Crippen LogP contribution in [0.2, 0.25) is 5.02 Å². The molecule has 0 amide bonds. The molecule has 0 spiro atoms. The minimum atomic E-state index is -0.247. The first kappa shape index (κ1) is 17.7. The Bertz CT molecular complexity index is 888. The quantitative estimate of drug-likeness (QED) is 0.477. The van der Waals surface area contributed by atoms with Crippen LogP contribution in [0, 0.1) is 6.92 Å². The van der Waals surface area contributed by atoms with E-state index in [9.17, 15) is 4.79 Å². The zero-order valence-corrected chi connectivity index (χ0v) is 15.8. The van der Waals surface area contributed by atoms with Gasteiger partial charge in [0.2, 0.25) is 0 Å². The number of carbonyl (C=O) groups is 1. The lowest BCUT2D eigenvalue weighted by molar-refractivity contribution is 0.0994. The number of Topliss-reactive ketones (excluding diaryl/α,β-unsaturated/α-hetero) is 1. The smallest absolute Gasteiger partial charge is 0.191 e. The lowest BCUT2D eigenvalue weighted by Crippen LogP contribution is -2.14. The first-order valence-electron chi connectivity index (χ1n) is 7.88. The Labute approximate surface area is 156 Å². The number of carbonyl (C=O) groups excluding carboxylic acids is 1. The summed E-state index contributed by atoms with van der Waals surface area (Å²) in [6.07, 6.45) is 0. The van der Waals surface area contributed by atoms with Crippen molar-refractivity contribution in [2.75, 3.05) is 0 Å². The van der Waals surface area contributed by atoms with Crippen molar-refractivity contribution >= 4 is 29.1 Å². The van der Waals surface area contributed by atoms with E-state index in [0.717, 1.165) is 17.0 Å². The molecule has 0 aliphatic rings. The third-order valence-corrected chi connectivity index (χ3v) is 5.31. The molecule has 3 aromatic rings. The van der Waals surface area contributed by atoms with Crippen molar-refractivity contribution in [3.8, 4) is 11.4 Å². The largest absolute Gasteiger partial charge is 0.305 e. The predicted octanol–water partition coefficient (Wildman–Crippen LogP) is 4.81. The van der Waals surface area contributed by atoms with Gasteiger partial charge >= 0.3 is 0 Å². The van der Waals surface area contributed by atoms with Gasteiger partial charge in [0.15, 0.2) is 16.8 Å². The van der Waals surface area contributed by atoms with Gasteiger partial charge in [0.25, 0.3) is 0 Å². The van der Waals surface area contributed by atoms with Crippen LogP contribution in [0.25, 0.3) is 11.4 Å². The number of aromatic nitrogens is 3. The van der Waals surface area contributed by atoms with Crippen molar-refractivity contribution in [1.29, 1.82) is 0 Å². The summed E-state index contributed by atoms with van der Waals surface area (Å²) >= 11 is 7.34. The molecule has 0 unspecified atom stereocenters. The molecule has 0 saturated heterocycles. The molecule has 0 aliphatic carbocycles. The van der Waals surface area contributed by atoms with Gasteiger partial charge in [-0.2, -0.15) is 0 Å². The number of aryl methyl sites for hydroxylation is 1. The maximum Gasteiger partial charge on any atom is 0.191 e. The summed E-state index contributed by atoms with van der Waals surface area (Å²) in [6, 6.07) is 15.1. The number of ketones is 1. The first-order chi connectivity index (χ1) is 12.0. The van der Waals surface area contributed by atoms with E-state index in [4.69, 9.17) is 11.6 Å². The Morgan fingerprint density at radius 1 is 1.08 bits per heavy atom. The fourth-order valence-electron chi connectivity index (χ4n) is 2.43. The number of benzene rings is 2. The minimum Gasteiger partial charge on any atom is -0.305 e. The van der Waals surface area contributed by atoms with Crippen LogP contribution in [-0.4, -0.2) is 25.8 Å². The Morgan fingerprint density at radius 2 is 1.72 bits per heavy atom. The maximum atomic E-state index is 12.6. The molecule has 3 rings (SSSR count). The summed E-state index contributed by atoms with van der Waals surface area (Å²) in [5.74, 6) is 0.829. The van der Waals surface area contributed by atoms with Gasteiger partial charge in [-0.1, -0.05) is 53.2 Å². The molecule has 128 valence electrons. The Balaban J connectivity index is 1.78. The van der Waals surface area contributed by atoms with Gasteiger partial charge in [0, 0.05) is 23.2 Å². The molecular formula is C19H18ClN3OS. The monoisotopic (exact) mass is 371 g/mol. The van der Waals surface area contributed by atoms with Crippen LogP contribution < -0.4 is 0 Å². The normalized spacial score (nSPS) is 12.2.